The van der Waals surface area contributed by atoms with Gasteiger partial charge in [-0.05, 0) is 36.8 Å². The average Bonchev–Trinajstić information content (AvgIpc) is 3.01. The van der Waals surface area contributed by atoms with Crippen molar-refractivity contribution in [3.8, 4) is 0 Å². The van der Waals surface area contributed by atoms with Crippen LogP contribution in [0.1, 0.15) is 94.5 Å². The largest absolute Gasteiger partial charge is 0.481 e. The Labute approximate surface area is 164 Å². The number of carboxylic acid groups (broad SMARTS) is 1. The summed E-state index contributed by atoms with van der Waals surface area (Å²) < 4.78 is 6.18. The van der Waals surface area contributed by atoms with Gasteiger partial charge in [0, 0.05) is 6.42 Å². The molecule has 0 radical (unpaired) electrons. The summed E-state index contributed by atoms with van der Waals surface area (Å²) in [4.78, 5) is 10.7. The van der Waals surface area contributed by atoms with E-state index in [0.29, 0.717) is 6.42 Å². The van der Waals surface area contributed by atoms with Gasteiger partial charge in [-0.2, -0.15) is 0 Å². The Hall–Kier alpha value is -1.87. The molecule has 3 heteroatoms. The molecule has 1 aromatic rings. The fourth-order valence-electron chi connectivity index (χ4n) is 3.58. The summed E-state index contributed by atoms with van der Waals surface area (Å²) in [6, 6.07) is 8.28. The number of fused-ring (bicyclic) bond motifs is 1. The molecule has 1 N–H and O–H groups in total. The Bertz CT molecular complexity index is 618. The number of benzene rings is 1. The molecule has 0 saturated carbocycles. The molecule has 27 heavy (non-hydrogen) atoms. The minimum absolute atomic E-state index is 0.00213. The van der Waals surface area contributed by atoms with Gasteiger partial charge in [-0.25, -0.2) is 0 Å². The first kappa shape index (κ1) is 21.4. The van der Waals surface area contributed by atoms with Gasteiger partial charge in [0.2, 0.25) is 0 Å². The average molecular weight is 371 g/mol. The molecule has 1 heterocycles. The van der Waals surface area contributed by atoms with E-state index < -0.39 is 5.97 Å². The van der Waals surface area contributed by atoms with Crippen LogP contribution in [-0.2, 0) is 9.53 Å². The van der Waals surface area contributed by atoms with Crippen LogP contribution < -0.4 is 0 Å². The van der Waals surface area contributed by atoms with E-state index in [-0.39, 0.29) is 18.6 Å². The fraction of sp³-hybridized carbons (Fsp3) is 0.542. The van der Waals surface area contributed by atoms with Gasteiger partial charge in [0.05, 0.1) is 6.10 Å². The highest BCUT2D eigenvalue weighted by molar-refractivity contribution is 5.66. The zero-order chi connectivity index (χ0) is 19.3. The highest BCUT2D eigenvalue weighted by atomic mass is 16.5. The Kier molecular flexibility index (Phi) is 9.93. The maximum Gasteiger partial charge on any atom is 0.303 e. The van der Waals surface area contributed by atoms with Crippen molar-refractivity contribution >= 4 is 5.97 Å². The second-order valence-corrected chi connectivity index (χ2v) is 7.33. The molecule has 2 rings (SSSR count). The van der Waals surface area contributed by atoms with Gasteiger partial charge in [-0.15, -0.1) is 0 Å². The normalized spacial score (nSPS) is 19.1. The number of hydrogen-bond acceptors (Lipinski definition) is 2. The van der Waals surface area contributed by atoms with Crippen molar-refractivity contribution in [1.29, 1.82) is 0 Å². The molecule has 0 spiro atoms. The third-order valence-electron chi connectivity index (χ3n) is 5.07. The van der Waals surface area contributed by atoms with Gasteiger partial charge < -0.3 is 9.84 Å². The van der Waals surface area contributed by atoms with E-state index in [2.05, 4.69) is 43.4 Å². The summed E-state index contributed by atoms with van der Waals surface area (Å²) in [5.74, 6) is -0.742. The topological polar surface area (TPSA) is 46.5 Å². The number of ether oxygens (including phenoxy) is 1. The lowest BCUT2D eigenvalue weighted by Crippen LogP contribution is -2.00. The summed E-state index contributed by atoms with van der Waals surface area (Å²) >= 11 is 0. The van der Waals surface area contributed by atoms with E-state index in [9.17, 15) is 4.79 Å². The summed E-state index contributed by atoms with van der Waals surface area (Å²) in [6.07, 6.45) is 19.2. The van der Waals surface area contributed by atoms with E-state index in [1.165, 1.54) is 49.7 Å². The number of allylic oxidation sites excluding steroid dienone is 3. The quantitative estimate of drug-likeness (QED) is 0.303. The second kappa shape index (κ2) is 12.5. The maximum atomic E-state index is 10.7. The lowest BCUT2D eigenvalue weighted by molar-refractivity contribution is -0.137. The van der Waals surface area contributed by atoms with E-state index >= 15 is 0 Å². The van der Waals surface area contributed by atoms with Crippen molar-refractivity contribution in [2.45, 2.75) is 83.3 Å². The molecule has 3 nitrogen and oxygen atoms in total. The van der Waals surface area contributed by atoms with Crippen LogP contribution in [0.5, 0.6) is 0 Å². The number of aliphatic carboxylic acids is 1. The van der Waals surface area contributed by atoms with E-state index in [1.54, 1.807) is 0 Å². The van der Waals surface area contributed by atoms with Crippen LogP contribution in [0.2, 0.25) is 0 Å². The smallest absolute Gasteiger partial charge is 0.303 e. The van der Waals surface area contributed by atoms with Crippen molar-refractivity contribution in [2.24, 2.45) is 0 Å². The highest BCUT2D eigenvalue weighted by Gasteiger charge is 2.29. The van der Waals surface area contributed by atoms with Gasteiger partial charge in [0.15, 0.2) is 0 Å². The van der Waals surface area contributed by atoms with Crippen LogP contribution in [0.15, 0.2) is 48.6 Å². The van der Waals surface area contributed by atoms with Gasteiger partial charge in [-0.1, -0.05) is 87.6 Å². The van der Waals surface area contributed by atoms with Crippen LogP contribution in [-0.4, -0.2) is 11.1 Å². The molecule has 0 bridgehead atoms. The Morgan fingerprint density at radius 1 is 1.04 bits per heavy atom. The standard InChI is InChI=1S/C24H34O3/c1-2-3-4-5-6-7-8-9-10-11-17-22-20-15-12-13-16-21(20)23(27-22)18-14-19-24(25)26/h9-13,15-17,22-23H,2-8,14,18-19H2,1H3,(H,25,26). The van der Waals surface area contributed by atoms with Crippen molar-refractivity contribution in [2.75, 3.05) is 0 Å². The van der Waals surface area contributed by atoms with Crippen LogP contribution >= 0.6 is 0 Å². The van der Waals surface area contributed by atoms with Crippen LogP contribution in [0.3, 0.4) is 0 Å². The molecule has 0 fully saturated rings. The molecule has 2 atom stereocenters. The predicted octanol–water partition coefficient (Wildman–Crippen LogP) is 6.92. The molecular weight excluding hydrogens is 336 g/mol. The molecule has 2 unspecified atom stereocenters. The van der Waals surface area contributed by atoms with Gasteiger partial charge >= 0.3 is 5.97 Å². The van der Waals surface area contributed by atoms with Crippen molar-refractivity contribution in [1.82, 2.24) is 0 Å². The summed E-state index contributed by atoms with van der Waals surface area (Å²) in [7, 11) is 0. The summed E-state index contributed by atoms with van der Waals surface area (Å²) in [5, 5.41) is 8.83. The zero-order valence-electron chi connectivity index (χ0n) is 16.6. The zero-order valence-corrected chi connectivity index (χ0v) is 16.6. The summed E-state index contributed by atoms with van der Waals surface area (Å²) in [6.45, 7) is 2.25. The van der Waals surface area contributed by atoms with E-state index in [4.69, 9.17) is 9.84 Å². The van der Waals surface area contributed by atoms with Crippen LogP contribution in [0.25, 0.3) is 0 Å². The lowest BCUT2D eigenvalue weighted by atomic mass is 9.99. The first-order chi connectivity index (χ1) is 13.2. The first-order valence-corrected chi connectivity index (χ1v) is 10.5. The monoisotopic (exact) mass is 370 g/mol. The predicted molar refractivity (Wildman–Crippen MR) is 111 cm³/mol. The SMILES string of the molecule is CCCCCCCCC=CC=CC1OC(CCCC(=O)O)c2ccccc21. The van der Waals surface area contributed by atoms with E-state index in [1.807, 2.05) is 12.1 Å². The van der Waals surface area contributed by atoms with Crippen molar-refractivity contribution < 1.29 is 14.6 Å². The number of hydrogen-bond donors (Lipinski definition) is 1. The maximum absolute atomic E-state index is 10.7. The molecule has 1 aliphatic rings. The van der Waals surface area contributed by atoms with Crippen molar-refractivity contribution in [3.05, 3.63) is 59.7 Å². The number of unbranched alkanes of at least 4 members (excludes halogenated alkanes) is 6. The first-order valence-electron chi connectivity index (χ1n) is 10.5. The van der Waals surface area contributed by atoms with Gasteiger partial charge in [0.1, 0.15) is 6.10 Å². The summed E-state index contributed by atoms with van der Waals surface area (Å²) in [5.41, 5.74) is 2.41. The van der Waals surface area contributed by atoms with Gasteiger partial charge in [0.25, 0.3) is 0 Å². The fourth-order valence-corrected chi connectivity index (χ4v) is 3.58. The minimum Gasteiger partial charge on any atom is -0.481 e. The third-order valence-corrected chi connectivity index (χ3v) is 5.07. The van der Waals surface area contributed by atoms with Crippen molar-refractivity contribution in [3.63, 3.8) is 0 Å². The highest BCUT2D eigenvalue weighted by Crippen LogP contribution is 2.42. The Morgan fingerprint density at radius 3 is 2.56 bits per heavy atom. The Morgan fingerprint density at radius 2 is 1.78 bits per heavy atom. The lowest BCUT2D eigenvalue weighted by Gasteiger charge is -2.11. The number of carbonyl (C=O) groups is 1. The van der Waals surface area contributed by atoms with E-state index in [0.717, 1.165) is 12.8 Å². The molecule has 0 aromatic heterocycles. The molecule has 1 aromatic carbocycles. The number of carboxylic acids is 1. The molecule has 148 valence electrons. The molecule has 0 saturated heterocycles. The molecule has 1 aliphatic heterocycles. The molecule has 0 amide bonds. The third kappa shape index (κ3) is 7.72. The molecular formula is C24H34O3. The minimum atomic E-state index is -0.742. The van der Waals surface area contributed by atoms with Crippen LogP contribution in [0, 0.1) is 0 Å². The Balaban J connectivity index is 1.76. The molecule has 0 aliphatic carbocycles. The number of rotatable bonds is 13. The second-order valence-electron chi connectivity index (χ2n) is 7.33. The van der Waals surface area contributed by atoms with Crippen LogP contribution in [0.4, 0.5) is 0 Å². The van der Waals surface area contributed by atoms with Gasteiger partial charge in [-0.3, -0.25) is 4.79 Å².